The van der Waals surface area contributed by atoms with Crippen molar-refractivity contribution in [3.05, 3.63) is 60.7 Å². The Morgan fingerprint density at radius 1 is 0.917 bits per heavy atom. The number of anilines is 1. The second kappa shape index (κ2) is 10.7. The molecule has 5 rings (SSSR count). The number of nitrogens with one attached hydrogen (secondary N) is 1. The van der Waals surface area contributed by atoms with Crippen molar-refractivity contribution in [1.29, 1.82) is 0 Å². The molecule has 3 saturated heterocycles. The standard InChI is InChI=1S/C27H33N5O4/c1-2-29-17-22(25-23(18-29)27(35)32(28-25)20-9-5-3-6-10-20)26(34)31-15-13-30(14-16-31)24(33)19-36-21-11-7-4-8-12-21/h3-12,22-23,25,28H,2,13-19H2,1H3. The molecule has 0 aliphatic carbocycles. The minimum atomic E-state index is -0.329. The number of amides is 3. The van der Waals surface area contributed by atoms with E-state index in [9.17, 15) is 14.4 Å². The number of carbonyl (C=O) groups excluding carboxylic acids is 3. The molecule has 3 fully saturated rings. The van der Waals surface area contributed by atoms with E-state index < -0.39 is 0 Å². The molecule has 1 N–H and O–H groups in total. The van der Waals surface area contributed by atoms with E-state index in [0.29, 0.717) is 45.0 Å². The normalized spacial score (nSPS) is 24.5. The average molecular weight is 492 g/mol. The lowest BCUT2D eigenvalue weighted by Gasteiger charge is -2.42. The Kier molecular flexibility index (Phi) is 7.20. The van der Waals surface area contributed by atoms with Crippen LogP contribution in [0.3, 0.4) is 0 Å². The van der Waals surface area contributed by atoms with Gasteiger partial charge in [0.1, 0.15) is 5.75 Å². The highest BCUT2D eigenvalue weighted by Crippen LogP contribution is 2.32. The van der Waals surface area contributed by atoms with E-state index in [-0.39, 0.29) is 42.2 Å². The predicted octanol–water partition coefficient (Wildman–Crippen LogP) is 1.22. The number of ether oxygens (including phenoxy) is 1. The van der Waals surface area contributed by atoms with Crippen molar-refractivity contribution >= 4 is 23.4 Å². The van der Waals surface area contributed by atoms with Gasteiger partial charge in [0.2, 0.25) is 11.8 Å². The first-order chi connectivity index (χ1) is 17.5. The Morgan fingerprint density at radius 2 is 1.56 bits per heavy atom. The minimum absolute atomic E-state index is 0.0102. The molecule has 3 aliphatic heterocycles. The Balaban J connectivity index is 1.21. The van der Waals surface area contributed by atoms with Crippen LogP contribution in [0.4, 0.5) is 5.69 Å². The Morgan fingerprint density at radius 3 is 2.22 bits per heavy atom. The summed E-state index contributed by atoms with van der Waals surface area (Å²) in [6, 6.07) is 18.5. The van der Waals surface area contributed by atoms with Crippen LogP contribution in [0.2, 0.25) is 0 Å². The predicted molar refractivity (Wildman–Crippen MR) is 135 cm³/mol. The maximum atomic E-state index is 13.7. The number of hydrazine groups is 1. The summed E-state index contributed by atoms with van der Waals surface area (Å²) >= 11 is 0. The minimum Gasteiger partial charge on any atom is -0.484 e. The highest BCUT2D eigenvalue weighted by Gasteiger charge is 2.51. The van der Waals surface area contributed by atoms with Crippen LogP contribution in [0.1, 0.15) is 6.92 Å². The van der Waals surface area contributed by atoms with Gasteiger partial charge in [0.05, 0.1) is 23.6 Å². The molecule has 3 aliphatic rings. The molecular formula is C27H33N5O4. The van der Waals surface area contributed by atoms with E-state index in [1.807, 2.05) is 65.6 Å². The highest BCUT2D eigenvalue weighted by molar-refractivity contribution is 5.98. The van der Waals surface area contributed by atoms with Crippen LogP contribution in [0.5, 0.6) is 5.75 Å². The van der Waals surface area contributed by atoms with Crippen LogP contribution in [-0.4, -0.2) is 90.9 Å². The van der Waals surface area contributed by atoms with E-state index in [4.69, 9.17) is 4.74 Å². The van der Waals surface area contributed by atoms with Crippen molar-refractivity contribution in [1.82, 2.24) is 20.1 Å². The summed E-state index contributed by atoms with van der Waals surface area (Å²) in [6.45, 7) is 6.00. The van der Waals surface area contributed by atoms with Gasteiger partial charge in [0.15, 0.2) is 6.61 Å². The summed E-state index contributed by atoms with van der Waals surface area (Å²) in [5.41, 5.74) is 4.15. The van der Waals surface area contributed by atoms with Gasteiger partial charge in [0, 0.05) is 39.3 Å². The van der Waals surface area contributed by atoms with Crippen LogP contribution < -0.4 is 15.2 Å². The maximum absolute atomic E-state index is 13.7. The third-order valence-electron chi connectivity index (χ3n) is 7.42. The lowest BCUT2D eigenvalue weighted by atomic mass is 9.83. The maximum Gasteiger partial charge on any atom is 0.260 e. The van der Waals surface area contributed by atoms with Crippen molar-refractivity contribution in [3.63, 3.8) is 0 Å². The zero-order valence-corrected chi connectivity index (χ0v) is 20.6. The molecule has 9 nitrogen and oxygen atoms in total. The summed E-state index contributed by atoms with van der Waals surface area (Å²) in [6.07, 6.45) is 0. The van der Waals surface area contributed by atoms with Gasteiger partial charge in [-0.1, -0.05) is 43.3 Å². The van der Waals surface area contributed by atoms with Gasteiger partial charge >= 0.3 is 0 Å². The van der Waals surface area contributed by atoms with E-state index in [2.05, 4.69) is 17.2 Å². The van der Waals surface area contributed by atoms with Gasteiger partial charge in [0.25, 0.3) is 5.91 Å². The number of benzene rings is 2. The van der Waals surface area contributed by atoms with E-state index in [1.165, 1.54) is 0 Å². The van der Waals surface area contributed by atoms with Crippen molar-refractivity contribution in [3.8, 4) is 5.75 Å². The van der Waals surface area contributed by atoms with Gasteiger partial charge < -0.3 is 19.4 Å². The SMILES string of the molecule is CCN1CC(C(=O)N2CCN(C(=O)COc3ccccc3)CC2)C2NN(c3ccccc3)C(=O)C2C1. The number of rotatable bonds is 6. The molecule has 36 heavy (non-hydrogen) atoms. The quantitative estimate of drug-likeness (QED) is 0.654. The highest BCUT2D eigenvalue weighted by atomic mass is 16.5. The van der Waals surface area contributed by atoms with Crippen molar-refractivity contribution in [2.24, 2.45) is 11.8 Å². The largest absolute Gasteiger partial charge is 0.484 e. The Labute approximate surface area is 211 Å². The van der Waals surface area contributed by atoms with Gasteiger partial charge in [-0.3, -0.25) is 14.4 Å². The molecule has 0 radical (unpaired) electrons. The van der Waals surface area contributed by atoms with Crippen molar-refractivity contribution in [2.45, 2.75) is 13.0 Å². The Hall–Kier alpha value is -3.43. The zero-order valence-electron chi connectivity index (χ0n) is 20.6. The molecule has 3 amide bonds. The topological polar surface area (TPSA) is 85.4 Å². The summed E-state index contributed by atoms with van der Waals surface area (Å²) in [7, 11) is 0. The monoisotopic (exact) mass is 491 g/mol. The smallest absolute Gasteiger partial charge is 0.260 e. The number of likely N-dealkylation sites (tertiary alicyclic amines) is 1. The fourth-order valence-corrected chi connectivity index (χ4v) is 5.36. The van der Waals surface area contributed by atoms with Crippen LogP contribution in [-0.2, 0) is 14.4 Å². The lowest BCUT2D eigenvalue weighted by molar-refractivity contribution is -0.145. The van der Waals surface area contributed by atoms with E-state index in [0.717, 1.165) is 12.2 Å². The molecule has 3 heterocycles. The summed E-state index contributed by atoms with van der Waals surface area (Å²) in [5, 5.41) is 1.61. The Bertz CT molecular complexity index is 1070. The molecule has 0 spiro atoms. The number of hydrogen-bond donors (Lipinski definition) is 1. The van der Waals surface area contributed by atoms with Gasteiger partial charge in [-0.05, 0) is 30.8 Å². The van der Waals surface area contributed by atoms with Crippen molar-refractivity contribution in [2.75, 3.05) is 57.4 Å². The molecule has 9 heteroatoms. The van der Waals surface area contributed by atoms with Gasteiger partial charge in [-0.2, -0.15) is 0 Å². The number of hydrogen-bond acceptors (Lipinski definition) is 6. The fraction of sp³-hybridized carbons (Fsp3) is 0.444. The molecule has 3 atom stereocenters. The first-order valence-corrected chi connectivity index (χ1v) is 12.7. The number of fused-ring (bicyclic) bond motifs is 1. The second-order valence-electron chi connectivity index (χ2n) is 9.54. The van der Waals surface area contributed by atoms with E-state index >= 15 is 0 Å². The summed E-state index contributed by atoms with van der Waals surface area (Å²) in [4.78, 5) is 45.4. The molecule has 2 aromatic carbocycles. The number of nitrogens with zero attached hydrogens (tertiary/aromatic N) is 4. The van der Waals surface area contributed by atoms with E-state index in [1.54, 1.807) is 9.91 Å². The molecule has 3 unspecified atom stereocenters. The second-order valence-corrected chi connectivity index (χ2v) is 9.54. The number of carbonyl (C=O) groups is 3. The molecule has 0 bridgehead atoms. The fourth-order valence-electron chi connectivity index (χ4n) is 5.36. The molecule has 0 saturated carbocycles. The first-order valence-electron chi connectivity index (χ1n) is 12.7. The average Bonchev–Trinajstić information content (AvgIpc) is 3.28. The van der Waals surface area contributed by atoms with Crippen LogP contribution in [0, 0.1) is 11.8 Å². The molecular weight excluding hydrogens is 458 g/mol. The lowest BCUT2D eigenvalue weighted by Crippen LogP contribution is -2.60. The summed E-state index contributed by atoms with van der Waals surface area (Å²) in [5.74, 6) is 0.0374. The number of piperazine rings is 1. The van der Waals surface area contributed by atoms with Gasteiger partial charge in [-0.15, -0.1) is 0 Å². The van der Waals surface area contributed by atoms with Crippen LogP contribution in [0.15, 0.2) is 60.7 Å². The van der Waals surface area contributed by atoms with Gasteiger partial charge in [-0.25, -0.2) is 10.4 Å². The number of para-hydroxylation sites is 2. The zero-order chi connectivity index (χ0) is 25.1. The first kappa shape index (κ1) is 24.3. The van der Waals surface area contributed by atoms with Crippen LogP contribution >= 0.6 is 0 Å². The third-order valence-corrected chi connectivity index (χ3v) is 7.42. The third kappa shape index (κ3) is 4.94. The number of piperidine rings is 1. The van der Waals surface area contributed by atoms with Crippen molar-refractivity contribution < 1.29 is 19.1 Å². The molecule has 0 aromatic heterocycles. The summed E-state index contributed by atoms with van der Waals surface area (Å²) < 4.78 is 5.60. The molecule has 2 aromatic rings. The van der Waals surface area contributed by atoms with Crippen LogP contribution in [0.25, 0.3) is 0 Å². The molecule has 190 valence electrons.